The lowest BCUT2D eigenvalue weighted by Gasteiger charge is -2.32. The van der Waals surface area contributed by atoms with Gasteiger partial charge in [0.1, 0.15) is 11.6 Å². The van der Waals surface area contributed by atoms with Gasteiger partial charge in [0.2, 0.25) is 0 Å². The Morgan fingerprint density at radius 2 is 1.89 bits per heavy atom. The fraction of sp³-hybridized carbons (Fsp3) is 0.600. The van der Waals surface area contributed by atoms with Crippen molar-refractivity contribution >= 4 is 11.6 Å². The molecule has 1 aliphatic carbocycles. The summed E-state index contributed by atoms with van der Waals surface area (Å²) < 4.78 is 19.1. The van der Waals surface area contributed by atoms with Crippen molar-refractivity contribution in [2.75, 3.05) is 0 Å². The Balaban J connectivity index is 2.08. The number of halogens is 2. The van der Waals surface area contributed by atoms with E-state index in [4.69, 9.17) is 16.3 Å². The number of hydrogen-bond acceptors (Lipinski definition) is 1. The molecule has 18 heavy (non-hydrogen) atoms. The van der Waals surface area contributed by atoms with Crippen LogP contribution < -0.4 is 4.74 Å². The predicted molar refractivity (Wildman–Crippen MR) is 72.6 cm³/mol. The maximum absolute atomic E-state index is 13.1. The van der Waals surface area contributed by atoms with Crippen LogP contribution >= 0.6 is 11.6 Å². The Labute approximate surface area is 113 Å². The first kappa shape index (κ1) is 13.7. The van der Waals surface area contributed by atoms with Gasteiger partial charge in [-0.25, -0.2) is 4.39 Å². The first-order chi connectivity index (χ1) is 8.58. The molecule has 1 saturated carbocycles. The van der Waals surface area contributed by atoms with Crippen LogP contribution in [-0.4, -0.2) is 6.10 Å². The molecule has 3 heteroatoms. The third kappa shape index (κ3) is 3.38. The third-order valence-corrected chi connectivity index (χ3v) is 3.88. The van der Waals surface area contributed by atoms with Crippen LogP contribution in [0.25, 0.3) is 0 Å². The first-order valence-electron chi connectivity index (χ1n) is 6.59. The molecule has 0 heterocycles. The largest absolute Gasteiger partial charge is 0.490 e. The van der Waals surface area contributed by atoms with Gasteiger partial charge in [0.15, 0.2) is 0 Å². The zero-order chi connectivity index (χ0) is 13.1. The predicted octanol–water partition coefficient (Wildman–Crippen LogP) is 4.77. The summed E-state index contributed by atoms with van der Waals surface area (Å²) in [4.78, 5) is 0. The summed E-state index contributed by atoms with van der Waals surface area (Å²) in [5, 5.41) is 0. The van der Waals surface area contributed by atoms with Crippen molar-refractivity contribution < 1.29 is 9.13 Å². The van der Waals surface area contributed by atoms with E-state index >= 15 is 0 Å². The molecule has 0 spiro atoms. The molecule has 0 radical (unpaired) electrons. The monoisotopic (exact) mass is 270 g/mol. The highest BCUT2D eigenvalue weighted by Gasteiger charge is 2.25. The Kier molecular flexibility index (Phi) is 4.50. The SMILES string of the molecule is CC1CC(C)CC(Oc2ccc(F)cc2CCl)C1. The fourth-order valence-electron chi connectivity index (χ4n) is 2.92. The van der Waals surface area contributed by atoms with Crippen LogP contribution in [-0.2, 0) is 5.88 Å². The van der Waals surface area contributed by atoms with Crippen molar-refractivity contribution in [3.8, 4) is 5.75 Å². The zero-order valence-electron chi connectivity index (χ0n) is 11.0. The number of alkyl halides is 1. The van der Waals surface area contributed by atoms with Crippen LogP contribution in [0.5, 0.6) is 5.75 Å². The van der Waals surface area contributed by atoms with Gasteiger partial charge in [0.25, 0.3) is 0 Å². The molecule has 1 aromatic carbocycles. The van der Waals surface area contributed by atoms with Gasteiger partial charge >= 0.3 is 0 Å². The lowest BCUT2D eigenvalue weighted by atomic mass is 9.82. The van der Waals surface area contributed by atoms with Gasteiger partial charge in [-0.15, -0.1) is 11.6 Å². The van der Waals surface area contributed by atoms with Crippen LogP contribution in [0.4, 0.5) is 4.39 Å². The molecular formula is C15H20ClFO. The molecule has 1 fully saturated rings. The quantitative estimate of drug-likeness (QED) is 0.719. The summed E-state index contributed by atoms with van der Waals surface area (Å²) in [7, 11) is 0. The van der Waals surface area contributed by atoms with Crippen molar-refractivity contribution in [3.05, 3.63) is 29.6 Å². The summed E-state index contributed by atoms with van der Waals surface area (Å²) in [6.45, 7) is 4.53. The second-order valence-corrected chi connectivity index (χ2v) is 5.81. The number of hydrogen-bond donors (Lipinski definition) is 0. The smallest absolute Gasteiger partial charge is 0.124 e. The number of ether oxygens (including phenoxy) is 1. The molecule has 0 aromatic heterocycles. The van der Waals surface area contributed by atoms with Crippen molar-refractivity contribution in [1.29, 1.82) is 0 Å². The Bertz CT molecular complexity index is 397. The van der Waals surface area contributed by atoms with Gasteiger partial charge in [-0.3, -0.25) is 0 Å². The molecule has 1 aliphatic rings. The summed E-state index contributed by atoms with van der Waals surface area (Å²) >= 11 is 5.83. The second-order valence-electron chi connectivity index (χ2n) is 5.54. The highest BCUT2D eigenvalue weighted by atomic mass is 35.5. The van der Waals surface area contributed by atoms with Gasteiger partial charge in [-0.05, 0) is 49.3 Å². The maximum atomic E-state index is 13.1. The molecule has 1 aromatic rings. The Morgan fingerprint density at radius 3 is 2.50 bits per heavy atom. The zero-order valence-corrected chi connectivity index (χ0v) is 11.7. The van der Waals surface area contributed by atoms with Crippen LogP contribution in [0.15, 0.2) is 18.2 Å². The standard InChI is InChI=1S/C15H20ClFO/c1-10-5-11(2)7-14(6-10)18-15-4-3-13(17)8-12(15)9-16/h3-4,8,10-11,14H,5-7,9H2,1-2H3. The maximum Gasteiger partial charge on any atom is 0.124 e. The van der Waals surface area contributed by atoms with E-state index in [1.807, 2.05) is 0 Å². The van der Waals surface area contributed by atoms with Gasteiger partial charge in [0, 0.05) is 5.56 Å². The molecule has 0 saturated heterocycles. The van der Waals surface area contributed by atoms with Gasteiger partial charge in [-0.1, -0.05) is 13.8 Å². The Morgan fingerprint density at radius 1 is 1.22 bits per heavy atom. The van der Waals surface area contributed by atoms with Crippen molar-refractivity contribution in [2.45, 2.75) is 45.1 Å². The fourth-order valence-corrected chi connectivity index (χ4v) is 3.13. The molecule has 2 unspecified atom stereocenters. The first-order valence-corrected chi connectivity index (χ1v) is 7.13. The lowest BCUT2D eigenvalue weighted by molar-refractivity contribution is 0.100. The van der Waals surface area contributed by atoms with Crippen LogP contribution in [0.3, 0.4) is 0 Å². The average Bonchev–Trinajstić information content (AvgIpc) is 2.30. The summed E-state index contributed by atoms with van der Waals surface area (Å²) in [6, 6.07) is 4.58. The molecule has 0 N–H and O–H groups in total. The van der Waals surface area contributed by atoms with E-state index < -0.39 is 0 Å². The highest BCUT2D eigenvalue weighted by Crippen LogP contribution is 2.32. The van der Waals surface area contributed by atoms with E-state index in [1.54, 1.807) is 6.07 Å². The van der Waals surface area contributed by atoms with E-state index in [0.29, 0.717) is 11.8 Å². The molecule has 0 amide bonds. The van der Waals surface area contributed by atoms with E-state index in [9.17, 15) is 4.39 Å². The lowest BCUT2D eigenvalue weighted by Crippen LogP contribution is -2.28. The van der Waals surface area contributed by atoms with Gasteiger partial charge < -0.3 is 4.74 Å². The third-order valence-electron chi connectivity index (χ3n) is 3.60. The molecule has 100 valence electrons. The molecular weight excluding hydrogens is 251 g/mol. The minimum absolute atomic E-state index is 0.233. The van der Waals surface area contributed by atoms with E-state index in [1.165, 1.54) is 18.6 Å². The summed E-state index contributed by atoms with van der Waals surface area (Å²) in [5.74, 6) is 2.14. The highest BCUT2D eigenvalue weighted by molar-refractivity contribution is 6.17. The number of rotatable bonds is 3. The molecule has 0 bridgehead atoms. The van der Waals surface area contributed by atoms with Crippen LogP contribution in [0.2, 0.25) is 0 Å². The van der Waals surface area contributed by atoms with E-state index in [-0.39, 0.29) is 17.8 Å². The molecule has 0 aliphatic heterocycles. The van der Waals surface area contributed by atoms with Gasteiger partial charge in [-0.2, -0.15) is 0 Å². The van der Waals surface area contributed by atoms with Crippen molar-refractivity contribution in [3.63, 3.8) is 0 Å². The van der Waals surface area contributed by atoms with E-state index in [0.717, 1.165) is 24.2 Å². The Hall–Kier alpha value is -0.760. The summed E-state index contributed by atoms with van der Waals surface area (Å²) in [5.41, 5.74) is 0.738. The van der Waals surface area contributed by atoms with Gasteiger partial charge in [0.05, 0.1) is 12.0 Å². The second kappa shape index (κ2) is 5.92. The van der Waals surface area contributed by atoms with Crippen LogP contribution in [0, 0.1) is 17.7 Å². The van der Waals surface area contributed by atoms with E-state index in [2.05, 4.69) is 13.8 Å². The van der Waals surface area contributed by atoms with Crippen LogP contribution in [0.1, 0.15) is 38.7 Å². The topological polar surface area (TPSA) is 9.23 Å². The molecule has 1 nitrogen and oxygen atoms in total. The normalized spacial score (nSPS) is 28.1. The molecule has 2 rings (SSSR count). The summed E-state index contributed by atoms with van der Waals surface area (Å²) in [6.07, 6.45) is 3.65. The number of benzene rings is 1. The molecule has 2 atom stereocenters. The van der Waals surface area contributed by atoms with Crippen molar-refractivity contribution in [2.24, 2.45) is 11.8 Å². The minimum atomic E-state index is -0.261. The average molecular weight is 271 g/mol. The minimum Gasteiger partial charge on any atom is -0.490 e. The van der Waals surface area contributed by atoms with Crippen molar-refractivity contribution in [1.82, 2.24) is 0 Å².